The third-order valence-electron chi connectivity index (χ3n) is 6.23. The van der Waals surface area contributed by atoms with Crippen LogP contribution in [0.25, 0.3) is 0 Å². The van der Waals surface area contributed by atoms with Gasteiger partial charge in [-0.15, -0.1) is 0 Å². The van der Waals surface area contributed by atoms with Crippen molar-refractivity contribution in [1.82, 2.24) is 9.91 Å². The monoisotopic (exact) mass is 421 g/mol. The number of aryl methyl sites for hydroxylation is 2. The highest BCUT2D eigenvalue weighted by Crippen LogP contribution is 2.37. The Labute approximate surface area is 184 Å². The van der Waals surface area contributed by atoms with Gasteiger partial charge >= 0.3 is 0 Å². The van der Waals surface area contributed by atoms with Gasteiger partial charge in [0.05, 0.1) is 32.5 Å². The van der Waals surface area contributed by atoms with E-state index < -0.39 is 0 Å². The topological polar surface area (TPSA) is 54.4 Å². The Hall–Kier alpha value is -2.86. The summed E-state index contributed by atoms with van der Waals surface area (Å²) in [6.45, 7) is 6.58. The normalized spacial score (nSPS) is 18.9. The molecule has 0 spiro atoms. The zero-order valence-electron chi connectivity index (χ0n) is 18.9. The van der Waals surface area contributed by atoms with Gasteiger partial charge in [0.1, 0.15) is 11.5 Å². The van der Waals surface area contributed by atoms with E-state index >= 15 is 0 Å². The summed E-state index contributed by atoms with van der Waals surface area (Å²) in [5.74, 6) is 1.48. The second-order valence-electron chi connectivity index (χ2n) is 8.41. The van der Waals surface area contributed by atoms with Crippen LogP contribution in [0.15, 0.2) is 41.5 Å². The Bertz CT molecular complexity index is 996. The van der Waals surface area contributed by atoms with Crippen molar-refractivity contribution in [2.24, 2.45) is 5.10 Å². The zero-order chi connectivity index (χ0) is 22.0. The van der Waals surface area contributed by atoms with Crippen molar-refractivity contribution in [1.29, 1.82) is 0 Å². The van der Waals surface area contributed by atoms with Crippen molar-refractivity contribution in [3.8, 4) is 11.5 Å². The van der Waals surface area contributed by atoms with E-state index in [9.17, 15) is 4.79 Å². The molecule has 164 valence electrons. The summed E-state index contributed by atoms with van der Waals surface area (Å²) in [6.07, 6.45) is 2.97. The number of hydrogen-bond acceptors (Lipinski definition) is 5. The molecule has 2 aromatic rings. The van der Waals surface area contributed by atoms with Gasteiger partial charge in [0.25, 0.3) is 5.91 Å². The molecular weight excluding hydrogens is 390 g/mol. The summed E-state index contributed by atoms with van der Waals surface area (Å²) in [5, 5.41) is 6.54. The van der Waals surface area contributed by atoms with E-state index in [0.717, 1.165) is 48.5 Å². The molecule has 6 nitrogen and oxygen atoms in total. The molecule has 4 rings (SSSR count). The van der Waals surface area contributed by atoms with Gasteiger partial charge in [-0.2, -0.15) is 5.10 Å². The molecule has 0 aliphatic carbocycles. The van der Waals surface area contributed by atoms with Crippen LogP contribution < -0.4 is 9.47 Å². The number of nitrogens with zero attached hydrogens (tertiary/aromatic N) is 3. The SMILES string of the molecule is COc1ccc(C2=NN(C(=O)CN3CCCC3)C(c3ccc(C)cc3C)C2)c(OC)c1. The van der Waals surface area contributed by atoms with Crippen molar-refractivity contribution in [3.05, 3.63) is 58.7 Å². The first-order chi connectivity index (χ1) is 15.0. The highest BCUT2D eigenvalue weighted by Gasteiger charge is 2.35. The van der Waals surface area contributed by atoms with Gasteiger partial charge in [-0.1, -0.05) is 23.8 Å². The Morgan fingerprint density at radius 2 is 1.84 bits per heavy atom. The molecular formula is C25H31N3O3. The van der Waals surface area contributed by atoms with Gasteiger partial charge in [0.2, 0.25) is 0 Å². The number of benzene rings is 2. The lowest BCUT2D eigenvalue weighted by Crippen LogP contribution is -2.37. The fraction of sp³-hybridized carbons (Fsp3) is 0.440. The van der Waals surface area contributed by atoms with Crippen LogP contribution in [0.4, 0.5) is 0 Å². The standard InChI is InChI=1S/C25H31N3O3/c1-17-7-9-20(18(2)13-17)23-15-22(21-10-8-19(30-3)14-24(21)31-4)26-28(23)25(29)16-27-11-5-6-12-27/h7-10,13-14,23H,5-6,11-12,15-16H2,1-4H3. The van der Waals surface area contributed by atoms with Crippen molar-refractivity contribution >= 4 is 11.6 Å². The first kappa shape index (κ1) is 21.4. The maximum Gasteiger partial charge on any atom is 0.257 e. The van der Waals surface area contributed by atoms with Gasteiger partial charge in [-0.05, 0) is 63.0 Å². The molecule has 1 unspecified atom stereocenters. The molecule has 2 aliphatic rings. The largest absolute Gasteiger partial charge is 0.497 e. The highest BCUT2D eigenvalue weighted by atomic mass is 16.5. The molecule has 2 aromatic carbocycles. The minimum Gasteiger partial charge on any atom is -0.497 e. The number of amides is 1. The van der Waals surface area contributed by atoms with Crippen LogP contribution in [0.5, 0.6) is 11.5 Å². The molecule has 1 fully saturated rings. The molecule has 0 bridgehead atoms. The first-order valence-electron chi connectivity index (χ1n) is 10.9. The summed E-state index contributed by atoms with van der Waals surface area (Å²) in [7, 11) is 3.28. The van der Waals surface area contributed by atoms with E-state index in [1.807, 2.05) is 18.2 Å². The number of hydrogen-bond donors (Lipinski definition) is 0. The molecule has 1 saturated heterocycles. The summed E-state index contributed by atoms with van der Waals surface area (Å²) >= 11 is 0. The van der Waals surface area contributed by atoms with Crippen molar-refractivity contribution in [2.75, 3.05) is 33.9 Å². The van der Waals surface area contributed by atoms with Crippen LogP contribution in [0.2, 0.25) is 0 Å². The minimum absolute atomic E-state index is 0.0503. The quantitative estimate of drug-likeness (QED) is 0.705. The predicted octanol–water partition coefficient (Wildman–Crippen LogP) is 4.09. The Kier molecular flexibility index (Phi) is 6.28. The number of likely N-dealkylation sites (tertiary alicyclic amines) is 1. The van der Waals surface area contributed by atoms with Crippen LogP contribution in [0.3, 0.4) is 0 Å². The van der Waals surface area contributed by atoms with E-state index in [-0.39, 0.29) is 11.9 Å². The van der Waals surface area contributed by atoms with Crippen LogP contribution in [-0.4, -0.2) is 55.4 Å². The molecule has 2 heterocycles. The van der Waals surface area contributed by atoms with Crippen LogP contribution >= 0.6 is 0 Å². The second-order valence-corrected chi connectivity index (χ2v) is 8.41. The fourth-order valence-electron chi connectivity index (χ4n) is 4.59. The van der Waals surface area contributed by atoms with Gasteiger partial charge in [-0.3, -0.25) is 9.69 Å². The number of ether oxygens (including phenoxy) is 2. The van der Waals surface area contributed by atoms with E-state index in [1.165, 1.54) is 11.1 Å². The lowest BCUT2D eigenvalue weighted by Gasteiger charge is -2.25. The predicted molar refractivity (Wildman–Crippen MR) is 122 cm³/mol. The number of carbonyl (C=O) groups is 1. The van der Waals surface area contributed by atoms with Crippen molar-refractivity contribution in [3.63, 3.8) is 0 Å². The number of rotatable bonds is 6. The summed E-state index contributed by atoms with van der Waals surface area (Å²) in [6, 6.07) is 12.0. The molecule has 0 N–H and O–H groups in total. The molecule has 2 aliphatic heterocycles. The third kappa shape index (κ3) is 4.44. The lowest BCUT2D eigenvalue weighted by atomic mass is 9.94. The number of hydrazone groups is 1. The molecule has 6 heteroatoms. The van der Waals surface area contributed by atoms with E-state index in [0.29, 0.717) is 18.7 Å². The number of carbonyl (C=O) groups excluding carboxylic acids is 1. The summed E-state index contributed by atoms with van der Waals surface area (Å²) < 4.78 is 10.9. The summed E-state index contributed by atoms with van der Waals surface area (Å²) in [5.41, 5.74) is 5.30. The maximum absolute atomic E-state index is 13.3. The fourth-order valence-corrected chi connectivity index (χ4v) is 4.59. The maximum atomic E-state index is 13.3. The smallest absolute Gasteiger partial charge is 0.257 e. The number of methoxy groups -OCH3 is 2. The average molecular weight is 422 g/mol. The van der Waals surface area contributed by atoms with E-state index in [2.05, 4.69) is 36.9 Å². The molecule has 1 atom stereocenters. The Morgan fingerprint density at radius 1 is 1.06 bits per heavy atom. The molecule has 31 heavy (non-hydrogen) atoms. The third-order valence-corrected chi connectivity index (χ3v) is 6.23. The van der Waals surface area contributed by atoms with Crippen LogP contribution in [0.1, 0.15) is 47.6 Å². The van der Waals surface area contributed by atoms with Crippen LogP contribution in [0, 0.1) is 13.8 Å². The lowest BCUT2D eigenvalue weighted by molar-refractivity contribution is -0.134. The molecule has 1 amide bonds. The zero-order valence-corrected chi connectivity index (χ0v) is 18.9. The second kappa shape index (κ2) is 9.10. The highest BCUT2D eigenvalue weighted by molar-refractivity contribution is 6.05. The molecule has 0 saturated carbocycles. The Balaban J connectivity index is 1.69. The van der Waals surface area contributed by atoms with Crippen molar-refractivity contribution in [2.45, 2.75) is 39.2 Å². The van der Waals surface area contributed by atoms with Crippen LogP contribution in [-0.2, 0) is 4.79 Å². The van der Waals surface area contributed by atoms with Gasteiger partial charge in [0, 0.05) is 18.1 Å². The Morgan fingerprint density at radius 3 is 2.52 bits per heavy atom. The minimum atomic E-state index is -0.113. The van der Waals surface area contributed by atoms with Crippen molar-refractivity contribution < 1.29 is 14.3 Å². The van der Waals surface area contributed by atoms with E-state index in [1.54, 1.807) is 19.2 Å². The average Bonchev–Trinajstić information content (AvgIpc) is 3.43. The van der Waals surface area contributed by atoms with Gasteiger partial charge < -0.3 is 9.47 Å². The first-order valence-corrected chi connectivity index (χ1v) is 10.9. The molecule has 0 radical (unpaired) electrons. The van der Waals surface area contributed by atoms with Gasteiger partial charge in [0.15, 0.2) is 0 Å². The molecule has 0 aromatic heterocycles. The van der Waals surface area contributed by atoms with Gasteiger partial charge in [-0.25, -0.2) is 5.01 Å². The summed E-state index contributed by atoms with van der Waals surface area (Å²) in [4.78, 5) is 15.5. The van der Waals surface area contributed by atoms with E-state index in [4.69, 9.17) is 14.6 Å².